The van der Waals surface area contributed by atoms with Crippen LogP contribution in [0.25, 0.3) is 0 Å². The van der Waals surface area contributed by atoms with Gasteiger partial charge in [-0.2, -0.15) is 13.2 Å². The van der Waals surface area contributed by atoms with Crippen LogP contribution in [0.2, 0.25) is 0 Å². The molecule has 0 spiro atoms. The summed E-state index contributed by atoms with van der Waals surface area (Å²) in [7, 11) is 0. The van der Waals surface area contributed by atoms with E-state index >= 15 is 0 Å². The highest BCUT2D eigenvalue weighted by Gasteiger charge is 2.29. The number of benzene rings is 1. The molecule has 0 unspecified atom stereocenters. The maximum absolute atomic E-state index is 12.2. The molecule has 0 bridgehead atoms. The van der Waals surface area contributed by atoms with Gasteiger partial charge in [-0.3, -0.25) is 0 Å². The van der Waals surface area contributed by atoms with Crippen LogP contribution in [0.15, 0.2) is 29.2 Å². The van der Waals surface area contributed by atoms with Gasteiger partial charge in [0.2, 0.25) is 0 Å². The lowest BCUT2D eigenvalue weighted by atomic mass is 9.98. The molecule has 1 aromatic rings. The first-order chi connectivity index (χ1) is 8.83. The van der Waals surface area contributed by atoms with Crippen LogP contribution in [0, 0.1) is 0 Å². The lowest BCUT2D eigenvalue weighted by Crippen LogP contribution is -2.26. The predicted molar refractivity (Wildman–Crippen MR) is 78.1 cm³/mol. The zero-order chi connectivity index (χ0) is 14.5. The van der Waals surface area contributed by atoms with Gasteiger partial charge in [0.25, 0.3) is 0 Å². The summed E-state index contributed by atoms with van der Waals surface area (Å²) in [5.41, 5.74) is 2.24. The summed E-state index contributed by atoms with van der Waals surface area (Å²) in [4.78, 5) is 0.117. The lowest BCUT2D eigenvalue weighted by molar-refractivity contribution is -0.0328. The van der Waals surface area contributed by atoms with Crippen LogP contribution in [-0.2, 0) is 0 Å². The normalized spacial score (nSPS) is 14.5. The Kier molecular flexibility index (Phi) is 8.58. The first-order valence-corrected chi connectivity index (χ1v) is 6.94. The highest BCUT2D eigenvalue weighted by atomic mass is 35.5. The molecular formula is C13H19ClF3NOS. The Morgan fingerprint density at radius 3 is 2.25 bits per heavy atom. The number of alkyl halides is 3. The molecule has 0 aromatic heterocycles. The maximum atomic E-state index is 12.2. The topological polar surface area (TPSA) is 46.2 Å². The fraction of sp³-hybridized carbons (Fsp3) is 0.538. The Bertz CT molecular complexity index is 386. The minimum atomic E-state index is -4.29. The van der Waals surface area contributed by atoms with E-state index in [1.807, 2.05) is 6.92 Å². The number of thioether (sulfide) groups is 1. The third kappa shape index (κ3) is 6.83. The van der Waals surface area contributed by atoms with Gasteiger partial charge in [0.05, 0.1) is 12.1 Å². The molecule has 2 atom stereocenters. The Labute approximate surface area is 127 Å². The smallest absolute Gasteiger partial charge is 0.391 e. The second kappa shape index (κ2) is 8.77. The van der Waals surface area contributed by atoms with Crippen molar-refractivity contribution in [3.8, 4) is 0 Å². The molecule has 0 radical (unpaired) electrons. The lowest BCUT2D eigenvalue weighted by Gasteiger charge is -2.19. The van der Waals surface area contributed by atoms with Gasteiger partial charge in [0.1, 0.15) is 0 Å². The van der Waals surface area contributed by atoms with Crippen LogP contribution >= 0.6 is 24.2 Å². The molecule has 0 fully saturated rings. The van der Waals surface area contributed by atoms with E-state index in [0.29, 0.717) is 12.0 Å². The number of nitrogens with two attached hydrogens (primary N) is 1. The zero-order valence-electron chi connectivity index (χ0n) is 11.1. The minimum absolute atomic E-state index is 0. The van der Waals surface area contributed by atoms with E-state index < -0.39 is 17.7 Å². The van der Waals surface area contributed by atoms with Crippen LogP contribution in [0.1, 0.15) is 37.8 Å². The van der Waals surface area contributed by atoms with Crippen molar-refractivity contribution in [2.24, 2.45) is 5.73 Å². The van der Waals surface area contributed by atoms with Crippen molar-refractivity contribution in [2.75, 3.05) is 0 Å². The Morgan fingerprint density at radius 2 is 1.80 bits per heavy atom. The van der Waals surface area contributed by atoms with E-state index in [2.05, 4.69) is 0 Å². The second-order valence-electron chi connectivity index (χ2n) is 4.35. The van der Waals surface area contributed by atoms with E-state index in [0.717, 1.165) is 12.8 Å². The van der Waals surface area contributed by atoms with Crippen molar-refractivity contribution in [1.82, 2.24) is 0 Å². The molecule has 2 nitrogen and oxygen atoms in total. The van der Waals surface area contributed by atoms with Gasteiger partial charge in [-0.25, -0.2) is 0 Å². The van der Waals surface area contributed by atoms with Gasteiger partial charge in [-0.05, 0) is 35.9 Å². The molecule has 7 heteroatoms. The summed E-state index contributed by atoms with van der Waals surface area (Å²) in [6.07, 6.45) is 1.76. The minimum Gasteiger partial charge on any atom is -0.391 e. The Hall–Kier alpha value is -0.430. The monoisotopic (exact) mass is 329 g/mol. The number of aliphatic hydroxyl groups excluding tert-OH is 1. The molecule has 0 aliphatic carbocycles. The zero-order valence-corrected chi connectivity index (χ0v) is 12.7. The van der Waals surface area contributed by atoms with Crippen molar-refractivity contribution >= 4 is 24.2 Å². The van der Waals surface area contributed by atoms with Gasteiger partial charge in [0, 0.05) is 4.90 Å². The van der Waals surface area contributed by atoms with Crippen molar-refractivity contribution in [3.05, 3.63) is 29.8 Å². The first kappa shape index (κ1) is 19.6. The molecule has 20 heavy (non-hydrogen) atoms. The van der Waals surface area contributed by atoms with Crippen molar-refractivity contribution in [1.29, 1.82) is 0 Å². The Morgan fingerprint density at radius 1 is 1.25 bits per heavy atom. The molecule has 1 rings (SSSR count). The van der Waals surface area contributed by atoms with Crippen molar-refractivity contribution in [3.63, 3.8) is 0 Å². The molecule has 0 aliphatic heterocycles. The average molecular weight is 330 g/mol. The Balaban J connectivity index is 0.00000361. The van der Waals surface area contributed by atoms with Crippen molar-refractivity contribution < 1.29 is 18.3 Å². The average Bonchev–Trinajstić information content (AvgIpc) is 2.34. The van der Waals surface area contributed by atoms with E-state index in [9.17, 15) is 18.3 Å². The third-order valence-electron chi connectivity index (χ3n) is 2.77. The maximum Gasteiger partial charge on any atom is 0.446 e. The van der Waals surface area contributed by atoms with Crippen molar-refractivity contribution in [2.45, 2.75) is 48.7 Å². The van der Waals surface area contributed by atoms with E-state index in [-0.39, 0.29) is 29.1 Å². The summed E-state index contributed by atoms with van der Waals surface area (Å²) in [5.74, 6) is 0. The van der Waals surface area contributed by atoms with E-state index in [4.69, 9.17) is 5.73 Å². The number of hydrogen-bond donors (Lipinski definition) is 2. The van der Waals surface area contributed by atoms with Crippen LogP contribution < -0.4 is 5.73 Å². The number of unbranched alkanes of at least 4 members (excludes halogenated alkanes) is 1. The van der Waals surface area contributed by atoms with Crippen LogP contribution in [0.5, 0.6) is 0 Å². The van der Waals surface area contributed by atoms with Gasteiger partial charge in [0.15, 0.2) is 0 Å². The second-order valence-corrected chi connectivity index (χ2v) is 5.49. The molecule has 0 aliphatic rings. The highest BCUT2D eigenvalue weighted by molar-refractivity contribution is 8.00. The molecule has 0 saturated carbocycles. The fourth-order valence-corrected chi connectivity index (χ4v) is 2.25. The number of hydrogen-bond acceptors (Lipinski definition) is 3. The summed E-state index contributed by atoms with van der Waals surface area (Å²) in [5, 5.41) is 9.85. The SMILES string of the molecule is CCCC[C@@H](O)[C@@H](N)c1ccc(SC(F)(F)F)cc1.Cl. The summed E-state index contributed by atoms with van der Waals surface area (Å²) in [6, 6.07) is 5.26. The third-order valence-corrected chi connectivity index (χ3v) is 3.51. The standard InChI is InChI=1S/C13H18F3NOS.ClH/c1-2-3-4-11(18)12(17)9-5-7-10(8-6-9)19-13(14,15)16;/h5-8,11-12,18H,2-4,17H2,1H3;1H/t11-,12+;/m1./s1. The molecule has 0 heterocycles. The van der Waals surface area contributed by atoms with Gasteiger partial charge in [-0.1, -0.05) is 31.9 Å². The number of halogens is 4. The number of aliphatic hydroxyl groups is 1. The molecule has 116 valence electrons. The summed E-state index contributed by atoms with van der Waals surface area (Å²) >= 11 is -0.160. The van der Waals surface area contributed by atoms with Gasteiger partial charge < -0.3 is 10.8 Å². The number of rotatable bonds is 6. The van der Waals surface area contributed by atoms with Crippen LogP contribution in [0.4, 0.5) is 13.2 Å². The van der Waals surface area contributed by atoms with E-state index in [1.165, 1.54) is 24.3 Å². The first-order valence-electron chi connectivity index (χ1n) is 6.13. The molecule has 0 saturated heterocycles. The molecule has 3 N–H and O–H groups in total. The fourth-order valence-electron chi connectivity index (χ4n) is 1.71. The van der Waals surface area contributed by atoms with Gasteiger partial charge >= 0.3 is 5.51 Å². The van der Waals surface area contributed by atoms with Crippen LogP contribution in [-0.4, -0.2) is 16.7 Å². The molecule has 1 aromatic carbocycles. The molecular weight excluding hydrogens is 311 g/mol. The summed E-state index contributed by atoms with van der Waals surface area (Å²) in [6.45, 7) is 2.02. The highest BCUT2D eigenvalue weighted by Crippen LogP contribution is 2.37. The summed E-state index contributed by atoms with van der Waals surface area (Å²) < 4.78 is 36.5. The van der Waals surface area contributed by atoms with E-state index in [1.54, 1.807) is 0 Å². The quantitative estimate of drug-likeness (QED) is 0.766. The molecule has 0 amide bonds. The predicted octanol–water partition coefficient (Wildman–Crippen LogP) is 4.27. The van der Waals surface area contributed by atoms with Gasteiger partial charge in [-0.15, -0.1) is 12.4 Å². The van der Waals surface area contributed by atoms with Crippen LogP contribution in [0.3, 0.4) is 0 Å². The largest absolute Gasteiger partial charge is 0.446 e.